The molecular weight excluding hydrogens is 341 g/mol. The van der Waals surface area contributed by atoms with Gasteiger partial charge in [0.2, 0.25) is 0 Å². The maximum atomic E-state index is 10.3. The second-order valence-electron chi connectivity index (χ2n) is 5.65. The van der Waals surface area contributed by atoms with Crippen LogP contribution in [0, 0.1) is 0 Å². The van der Waals surface area contributed by atoms with E-state index in [1.54, 1.807) is 6.07 Å². The minimum atomic E-state index is 0.227. The van der Waals surface area contributed by atoms with Gasteiger partial charge in [-0.1, -0.05) is 41.4 Å². The van der Waals surface area contributed by atoms with Crippen LogP contribution in [0.2, 0.25) is 10.0 Å². The van der Waals surface area contributed by atoms with E-state index in [4.69, 9.17) is 23.2 Å². The summed E-state index contributed by atoms with van der Waals surface area (Å²) in [5.74, 6) is 0.227. The van der Waals surface area contributed by atoms with Crippen LogP contribution in [-0.4, -0.2) is 10.1 Å². The quantitative estimate of drug-likeness (QED) is 0.423. The summed E-state index contributed by atoms with van der Waals surface area (Å²) in [6.07, 6.45) is 0. The minimum absolute atomic E-state index is 0.227. The molecule has 4 rings (SSSR count). The van der Waals surface area contributed by atoms with E-state index in [2.05, 4.69) is 4.98 Å². The zero-order chi connectivity index (χ0) is 16.7. The van der Waals surface area contributed by atoms with Gasteiger partial charge in [0.05, 0.1) is 5.69 Å². The minimum Gasteiger partial charge on any atom is -0.507 e. The Balaban J connectivity index is 1.84. The van der Waals surface area contributed by atoms with Crippen LogP contribution in [0.3, 0.4) is 0 Å². The molecule has 0 spiro atoms. The third-order valence-electron chi connectivity index (χ3n) is 4.05. The number of fused-ring (bicyclic) bond motifs is 1. The third kappa shape index (κ3) is 2.75. The lowest BCUT2D eigenvalue weighted by Gasteiger charge is -2.07. The Hall–Kier alpha value is -2.42. The highest BCUT2D eigenvalue weighted by molar-refractivity contribution is 6.31. The van der Waals surface area contributed by atoms with Crippen molar-refractivity contribution in [3.63, 3.8) is 0 Å². The van der Waals surface area contributed by atoms with Crippen molar-refractivity contribution in [1.82, 2.24) is 4.98 Å². The zero-order valence-electron chi connectivity index (χ0n) is 12.6. The molecule has 0 fully saturated rings. The first-order chi connectivity index (χ1) is 11.6. The van der Waals surface area contributed by atoms with Gasteiger partial charge >= 0.3 is 0 Å². The van der Waals surface area contributed by atoms with Crippen LogP contribution in [0.25, 0.3) is 33.3 Å². The molecule has 0 saturated heterocycles. The van der Waals surface area contributed by atoms with E-state index in [0.29, 0.717) is 10.0 Å². The van der Waals surface area contributed by atoms with E-state index in [-0.39, 0.29) is 5.75 Å². The summed E-state index contributed by atoms with van der Waals surface area (Å²) in [5.41, 5.74) is 4.62. The Bertz CT molecular complexity index is 1040. The first kappa shape index (κ1) is 15.1. The average Bonchev–Trinajstić information content (AvgIpc) is 2.99. The number of aromatic hydroxyl groups is 1. The van der Waals surface area contributed by atoms with E-state index in [0.717, 1.165) is 33.3 Å². The van der Waals surface area contributed by atoms with Crippen molar-refractivity contribution in [2.45, 2.75) is 0 Å². The van der Waals surface area contributed by atoms with Gasteiger partial charge in [0, 0.05) is 26.5 Å². The molecule has 4 aromatic rings. The summed E-state index contributed by atoms with van der Waals surface area (Å²) in [6, 6.07) is 20.9. The molecule has 0 amide bonds. The van der Waals surface area contributed by atoms with Gasteiger partial charge in [-0.2, -0.15) is 0 Å². The molecule has 1 aromatic heterocycles. The van der Waals surface area contributed by atoms with Crippen LogP contribution >= 0.6 is 23.2 Å². The lowest BCUT2D eigenvalue weighted by molar-refractivity contribution is 0.477. The molecule has 0 saturated carbocycles. The molecule has 0 aliphatic carbocycles. The van der Waals surface area contributed by atoms with Crippen molar-refractivity contribution in [2.75, 3.05) is 0 Å². The summed E-state index contributed by atoms with van der Waals surface area (Å²) >= 11 is 12.0. The van der Waals surface area contributed by atoms with Gasteiger partial charge in [-0.3, -0.25) is 0 Å². The van der Waals surface area contributed by atoms with Crippen molar-refractivity contribution in [1.29, 1.82) is 0 Å². The molecule has 0 aliphatic heterocycles. The van der Waals surface area contributed by atoms with E-state index < -0.39 is 0 Å². The number of hydrogen-bond donors (Lipinski definition) is 2. The number of nitrogens with one attached hydrogen (secondary N) is 1. The number of halogens is 2. The van der Waals surface area contributed by atoms with Gasteiger partial charge in [-0.25, -0.2) is 0 Å². The Morgan fingerprint density at radius 1 is 0.708 bits per heavy atom. The highest BCUT2D eigenvalue weighted by atomic mass is 35.5. The number of hydrogen-bond acceptors (Lipinski definition) is 1. The third-order valence-corrected chi connectivity index (χ3v) is 4.53. The van der Waals surface area contributed by atoms with Crippen LogP contribution in [-0.2, 0) is 0 Å². The molecule has 3 aromatic carbocycles. The van der Waals surface area contributed by atoms with Gasteiger partial charge in [0.25, 0.3) is 0 Å². The van der Waals surface area contributed by atoms with Gasteiger partial charge in [0.15, 0.2) is 0 Å². The maximum Gasteiger partial charge on any atom is 0.124 e. The molecule has 0 atom stereocenters. The van der Waals surface area contributed by atoms with Crippen LogP contribution in [0.5, 0.6) is 5.75 Å². The number of H-pyrrole nitrogens is 1. The molecule has 24 heavy (non-hydrogen) atoms. The predicted molar refractivity (Wildman–Crippen MR) is 101 cm³/mol. The number of rotatable bonds is 2. The van der Waals surface area contributed by atoms with Crippen LogP contribution in [0.4, 0.5) is 0 Å². The highest BCUT2D eigenvalue weighted by Crippen LogP contribution is 2.35. The Labute approximate surface area is 149 Å². The molecule has 118 valence electrons. The van der Waals surface area contributed by atoms with Gasteiger partial charge in [-0.15, -0.1) is 0 Å². The summed E-state index contributed by atoms with van der Waals surface area (Å²) in [5, 5.41) is 12.7. The van der Waals surface area contributed by atoms with Crippen molar-refractivity contribution < 1.29 is 5.11 Å². The number of phenolic OH excluding ortho intramolecular Hbond substituents is 1. The van der Waals surface area contributed by atoms with Gasteiger partial charge in [0.1, 0.15) is 5.75 Å². The molecule has 2 N–H and O–H groups in total. The van der Waals surface area contributed by atoms with E-state index in [1.165, 1.54) is 0 Å². The summed E-state index contributed by atoms with van der Waals surface area (Å²) in [4.78, 5) is 3.33. The number of benzene rings is 3. The number of phenols is 1. The first-order valence-electron chi connectivity index (χ1n) is 7.48. The Morgan fingerprint density at radius 3 is 2.21 bits per heavy atom. The molecule has 4 heteroatoms. The molecular formula is C20H13Cl2NO. The Kier molecular flexibility index (Phi) is 3.72. The van der Waals surface area contributed by atoms with Crippen LogP contribution in [0.15, 0.2) is 66.7 Å². The summed E-state index contributed by atoms with van der Waals surface area (Å²) in [7, 11) is 0. The summed E-state index contributed by atoms with van der Waals surface area (Å²) < 4.78 is 0. The van der Waals surface area contributed by atoms with Crippen molar-refractivity contribution in [2.24, 2.45) is 0 Å². The van der Waals surface area contributed by atoms with E-state index >= 15 is 0 Å². The first-order valence-corrected chi connectivity index (χ1v) is 8.23. The SMILES string of the molecule is Oc1ccc(-c2ccc(Cl)cc2)cc1-c1cc2cc(Cl)ccc2[nH]1. The number of aromatic nitrogens is 1. The lowest BCUT2D eigenvalue weighted by atomic mass is 10.0. The average molecular weight is 354 g/mol. The maximum absolute atomic E-state index is 10.3. The number of aromatic amines is 1. The van der Waals surface area contributed by atoms with Crippen molar-refractivity contribution in [3.05, 3.63) is 76.8 Å². The van der Waals surface area contributed by atoms with Crippen LogP contribution in [0.1, 0.15) is 0 Å². The van der Waals surface area contributed by atoms with Gasteiger partial charge < -0.3 is 10.1 Å². The highest BCUT2D eigenvalue weighted by Gasteiger charge is 2.10. The fourth-order valence-electron chi connectivity index (χ4n) is 2.82. The second-order valence-corrected chi connectivity index (χ2v) is 6.53. The fraction of sp³-hybridized carbons (Fsp3) is 0. The molecule has 1 heterocycles. The van der Waals surface area contributed by atoms with Crippen molar-refractivity contribution in [3.8, 4) is 28.1 Å². The monoisotopic (exact) mass is 353 g/mol. The second kappa shape index (κ2) is 5.90. The molecule has 2 nitrogen and oxygen atoms in total. The van der Waals surface area contributed by atoms with E-state index in [1.807, 2.05) is 60.7 Å². The largest absolute Gasteiger partial charge is 0.507 e. The van der Waals surface area contributed by atoms with Gasteiger partial charge in [-0.05, 0) is 59.7 Å². The molecule has 0 unspecified atom stereocenters. The standard InChI is InChI=1S/C20H13Cl2NO/c21-15-4-1-12(2-5-15)13-3-8-20(24)17(10-13)19-11-14-9-16(22)6-7-18(14)23-19/h1-11,23-24H. The van der Waals surface area contributed by atoms with Crippen LogP contribution < -0.4 is 0 Å². The lowest BCUT2D eigenvalue weighted by Crippen LogP contribution is -1.83. The molecule has 0 aliphatic rings. The fourth-order valence-corrected chi connectivity index (χ4v) is 3.13. The summed E-state index contributed by atoms with van der Waals surface area (Å²) in [6.45, 7) is 0. The van der Waals surface area contributed by atoms with Crippen molar-refractivity contribution >= 4 is 34.1 Å². The predicted octanol–water partition coefficient (Wildman–Crippen LogP) is 6.51. The Morgan fingerprint density at radius 2 is 1.42 bits per heavy atom. The normalized spacial score (nSPS) is 11.1. The topological polar surface area (TPSA) is 36.0 Å². The zero-order valence-corrected chi connectivity index (χ0v) is 14.1. The smallest absolute Gasteiger partial charge is 0.124 e. The van der Waals surface area contributed by atoms with E-state index in [9.17, 15) is 5.11 Å². The molecule has 0 bridgehead atoms. The molecule has 0 radical (unpaired) electrons.